The first-order valence-corrected chi connectivity index (χ1v) is 12.1. The first-order chi connectivity index (χ1) is 13.8. The molecule has 0 aliphatic carbocycles. The van der Waals surface area contributed by atoms with Crippen molar-refractivity contribution in [2.24, 2.45) is 5.92 Å². The van der Waals surface area contributed by atoms with Gasteiger partial charge < -0.3 is 9.64 Å². The predicted octanol–water partition coefficient (Wildman–Crippen LogP) is 3.84. The second kappa shape index (κ2) is 9.16. The molecule has 3 rings (SSSR count). The molecule has 0 bridgehead atoms. The normalized spacial score (nSPS) is 15.8. The molecule has 1 amide bonds. The first-order valence-electron chi connectivity index (χ1n) is 10.4. The average molecular weight is 418 g/mol. The Morgan fingerprint density at radius 3 is 2.48 bits per heavy atom. The number of sulfone groups is 1. The smallest absolute Gasteiger partial charge is 0.222 e. The fraction of sp³-hybridized carbons (Fsp3) is 0.522. The highest BCUT2D eigenvalue weighted by atomic mass is 32.2. The maximum absolute atomic E-state index is 12.8. The van der Waals surface area contributed by atoms with Gasteiger partial charge in [-0.3, -0.25) is 4.79 Å². The van der Waals surface area contributed by atoms with Crippen molar-refractivity contribution < 1.29 is 17.9 Å². The maximum atomic E-state index is 12.8. The number of carbonyl (C=O) groups excluding carboxylic acids is 1. The summed E-state index contributed by atoms with van der Waals surface area (Å²) in [6.45, 7) is 4.90. The third-order valence-electron chi connectivity index (χ3n) is 5.67. The van der Waals surface area contributed by atoms with Crippen LogP contribution in [0.1, 0.15) is 38.7 Å². The molecule has 1 saturated heterocycles. The standard InChI is InChI=1S/C23H31NO4S/c1-17(2)16-29(26,27)19-12-14-24(15-13-19)23(25)11-9-21-20-7-5-4-6-18(20)8-10-22(21)28-3/h4-8,10,17,19H,9,11-16H2,1-3H3. The Kier molecular flexibility index (Phi) is 6.83. The van der Waals surface area contributed by atoms with Crippen LogP contribution in [-0.2, 0) is 21.1 Å². The highest BCUT2D eigenvalue weighted by Gasteiger charge is 2.31. The van der Waals surface area contributed by atoms with Crippen LogP contribution in [0.4, 0.5) is 0 Å². The molecule has 2 aromatic carbocycles. The summed E-state index contributed by atoms with van der Waals surface area (Å²) in [7, 11) is -1.42. The van der Waals surface area contributed by atoms with Crippen LogP contribution < -0.4 is 4.74 Å². The van der Waals surface area contributed by atoms with E-state index < -0.39 is 9.84 Å². The number of benzene rings is 2. The molecule has 6 heteroatoms. The summed E-state index contributed by atoms with van der Waals surface area (Å²) < 4.78 is 30.4. The molecule has 0 aromatic heterocycles. The zero-order chi connectivity index (χ0) is 21.0. The fourth-order valence-electron chi connectivity index (χ4n) is 4.22. The highest BCUT2D eigenvalue weighted by molar-refractivity contribution is 7.92. The average Bonchev–Trinajstić information content (AvgIpc) is 2.70. The monoisotopic (exact) mass is 417 g/mol. The largest absolute Gasteiger partial charge is 0.496 e. The molecule has 0 unspecified atom stereocenters. The Hall–Kier alpha value is -2.08. The van der Waals surface area contributed by atoms with Gasteiger partial charge in [0.1, 0.15) is 5.75 Å². The highest BCUT2D eigenvalue weighted by Crippen LogP contribution is 2.29. The fourth-order valence-corrected chi connectivity index (χ4v) is 6.35. The summed E-state index contributed by atoms with van der Waals surface area (Å²) >= 11 is 0. The van der Waals surface area contributed by atoms with Gasteiger partial charge in [0.15, 0.2) is 9.84 Å². The number of amides is 1. The van der Waals surface area contributed by atoms with Gasteiger partial charge in [0.05, 0.1) is 18.1 Å². The van der Waals surface area contributed by atoms with E-state index in [4.69, 9.17) is 4.74 Å². The van der Waals surface area contributed by atoms with Crippen LogP contribution in [0.3, 0.4) is 0 Å². The van der Waals surface area contributed by atoms with Gasteiger partial charge >= 0.3 is 0 Å². The summed E-state index contributed by atoms with van der Waals surface area (Å²) in [6.07, 6.45) is 2.08. The molecular weight excluding hydrogens is 386 g/mol. The molecule has 1 heterocycles. The van der Waals surface area contributed by atoms with Gasteiger partial charge in [-0.15, -0.1) is 0 Å². The van der Waals surface area contributed by atoms with Gasteiger partial charge in [-0.05, 0) is 42.0 Å². The number of aryl methyl sites for hydroxylation is 1. The number of rotatable bonds is 7. The third-order valence-corrected chi connectivity index (χ3v) is 8.29. The van der Waals surface area contributed by atoms with Crippen LogP contribution in [0.5, 0.6) is 5.75 Å². The van der Waals surface area contributed by atoms with Crippen molar-refractivity contribution in [1.29, 1.82) is 0 Å². The molecule has 2 aromatic rings. The van der Waals surface area contributed by atoms with E-state index in [-0.39, 0.29) is 22.8 Å². The topological polar surface area (TPSA) is 63.7 Å². The SMILES string of the molecule is COc1ccc2ccccc2c1CCC(=O)N1CCC(S(=O)(=O)CC(C)C)CC1. The van der Waals surface area contributed by atoms with E-state index in [0.29, 0.717) is 38.8 Å². The number of hydrogen-bond acceptors (Lipinski definition) is 4. The summed E-state index contributed by atoms with van der Waals surface area (Å²) in [5, 5.41) is 1.93. The molecule has 0 N–H and O–H groups in total. The van der Waals surface area contributed by atoms with E-state index in [1.54, 1.807) is 7.11 Å². The molecule has 0 radical (unpaired) electrons. The minimum absolute atomic E-state index is 0.0831. The van der Waals surface area contributed by atoms with Crippen LogP contribution >= 0.6 is 0 Å². The molecule has 0 atom stereocenters. The number of nitrogens with zero attached hydrogens (tertiary/aromatic N) is 1. The van der Waals surface area contributed by atoms with E-state index in [2.05, 4.69) is 12.1 Å². The lowest BCUT2D eigenvalue weighted by Gasteiger charge is -2.32. The number of piperidine rings is 1. The Morgan fingerprint density at radius 2 is 1.83 bits per heavy atom. The van der Waals surface area contributed by atoms with Crippen molar-refractivity contribution in [3.8, 4) is 5.75 Å². The Labute approximate surface area is 174 Å². The van der Waals surface area contributed by atoms with Crippen LogP contribution in [-0.4, -0.2) is 50.4 Å². The van der Waals surface area contributed by atoms with Gasteiger partial charge in [-0.25, -0.2) is 8.42 Å². The molecule has 1 fully saturated rings. The van der Waals surface area contributed by atoms with Crippen molar-refractivity contribution in [3.63, 3.8) is 0 Å². The third kappa shape index (κ3) is 5.10. The zero-order valence-electron chi connectivity index (χ0n) is 17.6. The maximum Gasteiger partial charge on any atom is 0.222 e. The lowest BCUT2D eigenvalue weighted by Crippen LogP contribution is -2.43. The number of ether oxygens (including phenoxy) is 1. The Bertz CT molecular complexity index is 960. The van der Waals surface area contributed by atoms with Gasteiger partial charge in [0.2, 0.25) is 5.91 Å². The minimum Gasteiger partial charge on any atom is -0.496 e. The quantitative estimate of drug-likeness (QED) is 0.687. The van der Waals surface area contributed by atoms with E-state index in [0.717, 1.165) is 22.1 Å². The summed E-state index contributed by atoms with van der Waals surface area (Å²) in [4.78, 5) is 14.6. The molecule has 0 saturated carbocycles. The van der Waals surface area contributed by atoms with Crippen molar-refractivity contribution in [3.05, 3.63) is 42.0 Å². The number of carbonyl (C=O) groups is 1. The van der Waals surface area contributed by atoms with Gasteiger partial charge in [-0.1, -0.05) is 44.2 Å². The first kappa shape index (κ1) is 21.6. The minimum atomic E-state index is -3.07. The molecule has 0 spiro atoms. The van der Waals surface area contributed by atoms with E-state index >= 15 is 0 Å². The lowest BCUT2D eigenvalue weighted by molar-refractivity contribution is -0.132. The molecule has 1 aliphatic heterocycles. The second-order valence-corrected chi connectivity index (χ2v) is 10.6. The number of hydrogen-bond donors (Lipinski definition) is 0. The van der Waals surface area contributed by atoms with Crippen molar-refractivity contribution in [2.75, 3.05) is 26.0 Å². The molecular formula is C23H31NO4S. The zero-order valence-corrected chi connectivity index (χ0v) is 18.4. The van der Waals surface area contributed by atoms with Gasteiger partial charge in [0.25, 0.3) is 0 Å². The van der Waals surface area contributed by atoms with Crippen LogP contribution in [0.25, 0.3) is 10.8 Å². The van der Waals surface area contributed by atoms with Gasteiger partial charge in [0, 0.05) is 25.1 Å². The van der Waals surface area contributed by atoms with Gasteiger partial charge in [-0.2, -0.15) is 0 Å². The lowest BCUT2D eigenvalue weighted by atomic mass is 9.99. The summed E-state index contributed by atoms with van der Waals surface area (Å²) in [6, 6.07) is 12.1. The Morgan fingerprint density at radius 1 is 1.14 bits per heavy atom. The van der Waals surface area contributed by atoms with E-state index in [9.17, 15) is 13.2 Å². The molecule has 1 aliphatic rings. The van der Waals surface area contributed by atoms with Crippen molar-refractivity contribution >= 4 is 26.5 Å². The number of methoxy groups -OCH3 is 1. The van der Waals surface area contributed by atoms with Crippen molar-refractivity contribution in [2.45, 2.75) is 44.8 Å². The number of likely N-dealkylation sites (tertiary alicyclic amines) is 1. The summed E-state index contributed by atoms with van der Waals surface area (Å²) in [5.74, 6) is 1.25. The Balaban J connectivity index is 1.62. The van der Waals surface area contributed by atoms with Crippen LogP contribution in [0.2, 0.25) is 0 Å². The summed E-state index contributed by atoms with van der Waals surface area (Å²) in [5.41, 5.74) is 1.05. The van der Waals surface area contributed by atoms with E-state index in [1.807, 2.05) is 43.0 Å². The molecule has 158 valence electrons. The van der Waals surface area contributed by atoms with Crippen LogP contribution in [0.15, 0.2) is 36.4 Å². The van der Waals surface area contributed by atoms with Crippen LogP contribution in [0, 0.1) is 5.92 Å². The second-order valence-electron chi connectivity index (χ2n) is 8.27. The van der Waals surface area contributed by atoms with E-state index in [1.165, 1.54) is 0 Å². The number of fused-ring (bicyclic) bond motifs is 1. The molecule has 5 nitrogen and oxygen atoms in total. The predicted molar refractivity (Wildman–Crippen MR) is 117 cm³/mol. The molecule has 29 heavy (non-hydrogen) atoms. The van der Waals surface area contributed by atoms with Crippen molar-refractivity contribution in [1.82, 2.24) is 4.90 Å².